The molecule has 0 aliphatic rings. The Morgan fingerprint density at radius 2 is 1.85 bits per heavy atom. The smallest absolute Gasteiger partial charge is 0.269 e. The van der Waals surface area contributed by atoms with Crippen LogP contribution in [0.1, 0.15) is 20.8 Å². The van der Waals surface area contributed by atoms with Gasteiger partial charge < -0.3 is 0 Å². The summed E-state index contributed by atoms with van der Waals surface area (Å²) in [6.07, 6.45) is 1.20. The normalized spacial score (nSPS) is 6.77. The molecule has 0 spiro atoms. The fraction of sp³-hybridized carbons (Fsp3) is 0.500. The van der Waals surface area contributed by atoms with Crippen LogP contribution < -0.4 is 0 Å². The van der Waals surface area contributed by atoms with Crippen molar-refractivity contribution in [3.05, 3.63) is 25.8 Å². The zero-order valence-corrected chi connectivity index (χ0v) is 9.17. The van der Waals surface area contributed by atoms with Gasteiger partial charge in [-0.3, -0.25) is 9.63 Å². The highest BCUT2D eigenvalue weighted by molar-refractivity contribution is 5.85. The molecular weight excluding hydrogens is 166 g/mol. The molecule has 0 fully saturated rings. The van der Waals surface area contributed by atoms with E-state index in [0.717, 1.165) is 5.06 Å². The van der Waals surface area contributed by atoms with Crippen LogP contribution >= 0.6 is 0 Å². The van der Waals surface area contributed by atoms with Gasteiger partial charge in [-0.05, 0) is 13.0 Å². The maximum absolute atomic E-state index is 10.6. The van der Waals surface area contributed by atoms with Gasteiger partial charge in [-0.2, -0.15) is 0 Å². The van der Waals surface area contributed by atoms with E-state index < -0.39 is 0 Å². The summed E-state index contributed by atoms with van der Waals surface area (Å²) in [7, 11) is 1.55. The first kappa shape index (κ1) is 17.9. The van der Waals surface area contributed by atoms with Crippen molar-refractivity contribution in [1.29, 1.82) is 0 Å². The first-order valence-corrected chi connectivity index (χ1v) is 4.25. The monoisotopic (exact) mass is 187 g/mol. The van der Waals surface area contributed by atoms with Gasteiger partial charge in [0.15, 0.2) is 0 Å². The maximum Gasteiger partial charge on any atom is 0.269 e. The molecule has 3 nitrogen and oxygen atoms in total. The lowest BCUT2D eigenvalue weighted by Crippen LogP contribution is -2.24. The lowest BCUT2D eigenvalue weighted by atomic mass is 10.6. The molecule has 0 radical (unpaired) electrons. The largest absolute Gasteiger partial charge is 0.271 e. The Kier molecular flexibility index (Phi) is 23.5. The molecule has 0 aliphatic heterocycles. The average Bonchev–Trinajstić information content (AvgIpc) is 2.23. The Hall–Kier alpha value is -1.09. The zero-order chi connectivity index (χ0) is 11.3. The molecule has 0 aliphatic carbocycles. The second-order valence-corrected chi connectivity index (χ2v) is 1.46. The summed E-state index contributed by atoms with van der Waals surface area (Å²) < 4.78 is 0. The third kappa shape index (κ3) is 13.8. The van der Waals surface area contributed by atoms with Gasteiger partial charge in [0.05, 0.1) is 6.61 Å². The van der Waals surface area contributed by atoms with Crippen molar-refractivity contribution in [2.24, 2.45) is 0 Å². The third-order valence-electron chi connectivity index (χ3n) is 0.808. The first-order valence-electron chi connectivity index (χ1n) is 4.25. The van der Waals surface area contributed by atoms with Crippen molar-refractivity contribution in [3.63, 3.8) is 0 Å². The lowest BCUT2D eigenvalue weighted by molar-refractivity contribution is -0.170. The highest BCUT2D eigenvalue weighted by Gasteiger charge is 2.00. The van der Waals surface area contributed by atoms with Gasteiger partial charge in [-0.25, -0.2) is 5.06 Å². The summed E-state index contributed by atoms with van der Waals surface area (Å²) in [5.74, 6) is -0.225. The minimum Gasteiger partial charge on any atom is -0.271 e. The maximum atomic E-state index is 10.6. The van der Waals surface area contributed by atoms with Crippen molar-refractivity contribution >= 4 is 5.91 Å². The second-order valence-electron chi connectivity index (χ2n) is 1.46. The van der Waals surface area contributed by atoms with E-state index in [1.807, 2.05) is 20.8 Å². The van der Waals surface area contributed by atoms with Crippen LogP contribution in [0.3, 0.4) is 0 Å². The number of amides is 1. The molecule has 0 atom stereocenters. The van der Waals surface area contributed by atoms with Crippen LogP contribution in [0.15, 0.2) is 25.8 Å². The number of likely N-dealkylation sites (N-methyl/N-ethyl adjacent to an activating group) is 1. The van der Waals surface area contributed by atoms with Gasteiger partial charge in [0.25, 0.3) is 5.91 Å². The molecular formula is C10H21NO2. The van der Waals surface area contributed by atoms with E-state index in [0.29, 0.717) is 6.61 Å². The van der Waals surface area contributed by atoms with E-state index in [2.05, 4.69) is 19.7 Å². The molecule has 0 saturated heterocycles. The SMILES string of the molecule is C=C.C=CC(=O)N(C)OCC.CC. The van der Waals surface area contributed by atoms with Gasteiger partial charge >= 0.3 is 0 Å². The molecule has 0 N–H and O–H groups in total. The van der Waals surface area contributed by atoms with Crippen molar-refractivity contribution in [1.82, 2.24) is 5.06 Å². The predicted molar refractivity (Wildman–Crippen MR) is 57.2 cm³/mol. The van der Waals surface area contributed by atoms with Crippen LogP contribution in [-0.4, -0.2) is 24.6 Å². The van der Waals surface area contributed by atoms with E-state index in [1.54, 1.807) is 7.05 Å². The van der Waals surface area contributed by atoms with Gasteiger partial charge in [-0.1, -0.05) is 20.4 Å². The van der Waals surface area contributed by atoms with Gasteiger partial charge in [-0.15, -0.1) is 13.2 Å². The molecule has 0 aromatic heterocycles. The number of hydrogen-bond donors (Lipinski definition) is 0. The fourth-order valence-corrected chi connectivity index (χ4v) is 0.386. The minimum absolute atomic E-state index is 0.225. The number of carbonyl (C=O) groups is 1. The van der Waals surface area contributed by atoms with Crippen molar-refractivity contribution in [2.75, 3.05) is 13.7 Å². The van der Waals surface area contributed by atoms with Crippen LogP contribution in [0.5, 0.6) is 0 Å². The Labute approximate surface area is 81.6 Å². The lowest BCUT2D eigenvalue weighted by Gasteiger charge is -2.11. The van der Waals surface area contributed by atoms with Crippen LogP contribution in [0, 0.1) is 0 Å². The second kappa shape index (κ2) is 17.1. The van der Waals surface area contributed by atoms with E-state index in [-0.39, 0.29) is 5.91 Å². The van der Waals surface area contributed by atoms with E-state index >= 15 is 0 Å². The van der Waals surface area contributed by atoms with Crippen molar-refractivity contribution in [2.45, 2.75) is 20.8 Å². The average molecular weight is 187 g/mol. The summed E-state index contributed by atoms with van der Waals surface area (Å²) in [5, 5.41) is 1.15. The zero-order valence-electron chi connectivity index (χ0n) is 9.17. The number of nitrogens with zero attached hydrogens (tertiary/aromatic N) is 1. The molecule has 0 rings (SSSR count). The first-order chi connectivity index (χ1) is 6.22. The highest BCUT2D eigenvalue weighted by atomic mass is 16.7. The topological polar surface area (TPSA) is 29.5 Å². The molecule has 1 amide bonds. The van der Waals surface area contributed by atoms with Crippen LogP contribution in [0.2, 0.25) is 0 Å². The summed E-state index contributed by atoms with van der Waals surface area (Å²) >= 11 is 0. The molecule has 78 valence electrons. The number of rotatable bonds is 3. The quantitative estimate of drug-likeness (QED) is 0.386. The van der Waals surface area contributed by atoms with Crippen LogP contribution in [0.4, 0.5) is 0 Å². The Morgan fingerprint density at radius 1 is 1.46 bits per heavy atom. The molecule has 0 saturated carbocycles. The molecule has 0 aromatic rings. The number of hydroxylamine groups is 2. The van der Waals surface area contributed by atoms with E-state index in [4.69, 9.17) is 4.84 Å². The van der Waals surface area contributed by atoms with Crippen molar-refractivity contribution in [3.8, 4) is 0 Å². The number of hydrogen-bond acceptors (Lipinski definition) is 2. The Bertz CT molecular complexity index is 124. The van der Waals surface area contributed by atoms with Crippen LogP contribution in [-0.2, 0) is 9.63 Å². The molecule has 3 heteroatoms. The van der Waals surface area contributed by atoms with E-state index in [9.17, 15) is 4.79 Å². The van der Waals surface area contributed by atoms with Gasteiger partial charge in [0, 0.05) is 7.05 Å². The molecule has 0 aromatic carbocycles. The Morgan fingerprint density at radius 3 is 2.08 bits per heavy atom. The number of carbonyl (C=O) groups excluding carboxylic acids is 1. The summed E-state index contributed by atoms with van der Waals surface area (Å²) in [6.45, 7) is 15.6. The van der Waals surface area contributed by atoms with E-state index in [1.165, 1.54) is 6.08 Å². The summed E-state index contributed by atoms with van der Waals surface area (Å²) in [5.41, 5.74) is 0. The highest BCUT2D eigenvalue weighted by Crippen LogP contribution is 1.85. The van der Waals surface area contributed by atoms with Crippen molar-refractivity contribution < 1.29 is 9.63 Å². The third-order valence-corrected chi connectivity index (χ3v) is 0.808. The molecule has 13 heavy (non-hydrogen) atoms. The minimum atomic E-state index is -0.225. The van der Waals surface area contributed by atoms with Crippen LogP contribution in [0.25, 0.3) is 0 Å². The molecule has 0 unspecified atom stereocenters. The molecule has 0 heterocycles. The Balaban J connectivity index is -0.000000218. The van der Waals surface area contributed by atoms with Gasteiger partial charge in [0.1, 0.15) is 0 Å². The summed E-state index contributed by atoms with van der Waals surface area (Å²) in [6, 6.07) is 0. The molecule has 0 bridgehead atoms. The fourth-order valence-electron chi connectivity index (χ4n) is 0.386. The predicted octanol–water partition coefficient (Wildman–Crippen LogP) is 2.41. The standard InChI is InChI=1S/C6H11NO2.C2H6.C2H4/c1-4-6(8)7(3)9-5-2;2*1-2/h4H,1,5H2,2-3H3;1-2H3;1-2H2. The van der Waals surface area contributed by atoms with Gasteiger partial charge in [0.2, 0.25) is 0 Å². The summed E-state index contributed by atoms with van der Waals surface area (Å²) in [4.78, 5) is 15.4.